The van der Waals surface area contributed by atoms with Gasteiger partial charge in [0.15, 0.2) is 0 Å². The number of nitrogens with one attached hydrogen (secondary N) is 1. The fraction of sp³-hybridized carbons (Fsp3) is 0.667. The molecular formula is C12H22N2S. The molecule has 0 atom stereocenters. The highest BCUT2D eigenvalue weighted by atomic mass is 32.1. The molecule has 0 unspecified atom stereocenters. The average Bonchev–Trinajstić information content (AvgIpc) is 2.69. The van der Waals surface area contributed by atoms with Gasteiger partial charge >= 0.3 is 0 Å². The summed E-state index contributed by atoms with van der Waals surface area (Å²) in [4.78, 5) is 3.81. The van der Waals surface area contributed by atoms with Crippen molar-refractivity contribution in [2.45, 2.75) is 32.9 Å². The number of hydrogen-bond donors (Lipinski definition) is 1. The van der Waals surface area contributed by atoms with Crippen LogP contribution in [0.4, 0.5) is 0 Å². The largest absolute Gasteiger partial charge is 0.312 e. The van der Waals surface area contributed by atoms with Gasteiger partial charge in [-0.2, -0.15) is 0 Å². The lowest BCUT2D eigenvalue weighted by Crippen LogP contribution is -2.29. The van der Waals surface area contributed by atoms with Gasteiger partial charge in [-0.15, -0.1) is 11.3 Å². The van der Waals surface area contributed by atoms with Crippen molar-refractivity contribution < 1.29 is 0 Å². The normalized spacial score (nSPS) is 11.5. The Balaban J connectivity index is 1.98. The zero-order valence-electron chi connectivity index (χ0n) is 9.99. The zero-order chi connectivity index (χ0) is 11.1. The van der Waals surface area contributed by atoms with Crippen molar-refractivity contribution in [3.8, 4) is 0 Å². The van der Waals surface area contributed by atoms with Crippen LogP contribution in [0.3, 0.4) is 0 Å². The van der Waals surface area contributed by atoms with Crippen LogP contribution in [0.5, 0.6) is 0 Å². The molecule has 1 aromatic heterocycles. The van der Waals surface area contributed by atoms with Gasteiger partial charge in [-0.1, -0.05) is 6.07 Å². The van der Waals surface area contributed by atoms with Crippen LogP contribution in [0.25, 0.3) is 0 Å². The summed E-state index contributed by atoms with van der Waals surface area (Å²) in [6.45, 7) is 7.77. The molecule has 15 heavy (non-hydrogen) atoms. The average molecular weight is 226 g/mol. The summed E-state index contributed by atoms with van der Waals surface area (Å²) in [6.07, 6.45) is 1.22. The second-order valence-corrected chi connectivity index (χ2v) is 5.22. The molecular weight excluding hydrogens is 204 g/mol. The third kappa shape index (κ3) is 5.30. The SMILES string of the molecule is CC(C)N(C)CCCNCc1cccs1. The maximum Gasteiger partial charge on any atom is 0.0299 e. The maximum absolute atomic E-state index is 3.47. The molecule has 0 amide bonds. The van der Waals surface area contributed by atoms with Gasteiger partial charge in [0.2, 0.25) is 0 Å². The summed E-state index contributed by atoms with van der Waals surface area (Å²) in [5.41, 5.74) is 0. The third-order valence-electron chi connectivity index (χ3n) is 2.63. The summed E-state index contributed by atoms with van der Waals surface area (Å²) in [5, 5.41) is 5.59. The van der Waals surface area contributed by atoms with Gasteiger partial charge in [0.05, 0.1) is 0 Å². The molecule has 0 fully saturated rings. The van der Waals surface area contributed by atoms with Crippen LogP contribution >= 0.6 is 11.3 Å². The Kier molecular flexibility index (Phi) is 5.91. The molecule has 86 valence electrons. The van der Waals surface area contributed by atoms with Crippen molar-refractivity contribution >= 4 is 11.3 Å². The van der Waals surface area contributed by atoms with Crippen LogP contribution in [0, 0.1) is 0 Å². The Morgan fingerprint density at radius 3 is 2.87 bits per heavy atom. The molecule has 0 bridgehead atoms. The minimum absolute atomic E-state index is 0.655. The summed E-state index contributed by atoms with van der Waals surface area (Å²) in [7, 11) is 2.18. The zero-order valence-corrected chi connectivity index (χ0v) is 10.8. The Hall–Kier alpha value is -0.380. The number of nitrogens with zero attached hydrogens (tertiary/aromatic N) is 1. The van der Waals surface area contributed by atoms with Crippen molar-refractivity contribution in [3.05, 3.63) is 22.4 Å². The lowest BCUT2D eigenvalue weighted by Gasteiger charge is -2.20. The van der Waals surface area contributed by atoms with Gasteiger partial charge in [-0.25, -0.2) is 0 Å². The lowest BCUT2D eigenvalue weighted by atomic mass is 10.3. The van der Waals surface area contributed by atoms with E-state index in [0.717, 1.165) is 13.1 Å². The summed E-state index contributed by atoms with van der Waals surface area (Å²) in [6, 6.07) is 4.94. The smallest absolute Gasteiger partial charge is 0.0299 e. The Labute approximate surface area is 97.3 Å². The van der Waals surface area contributed by atoms with Gasteiger partial charge in [-0.3, -0.25) is 0 Å². The van der Waals surface area contributed by atoms with Crippen LogP contribution in [0.1, 0.15) is 25.1 Å². The van der Waals surface area contributed by atoms with Gasteiger partial charge in [0.25, 0.3) is 0 Å². The molecule has 1 heterocycles. The Morgan fingerprint density at radius 1 is 1.47 bits per heavy atom. The second kappa shape index (κ2) is 6.99. The van der Waals surface area contributed by atoms with Crippen molar-refractivity contribution in [2.24, 2.45) is 0 Å². The minimum Gasteiger partial charge on any atom is -0.312 e. The number of rotatable bonds is 7. The summed E-state index contributed by atoms with van der Waals surface area (Å²) >= 11 is 1.82. The van der Waals surface area contributed by atoms with Crippen LogP contribution in [0.2, 0.25) is 0 Å². The van der Waals surface area contributed by atoms with Crippen LogP contribution < -0.4 is 5.32 Å². The van der Waals surface area contributed by atoms with Crippen molar-refractivity contribution in [2.75, 3.05) is 20.1 Å². The van der Waals surface area contributed by atoms with E-state index in [1.807, 2.05) is 11.3 Å². The molecule has 1 aromatic rings. The third-order valence-corrected chi connectivity index (χ3v) is 3.50. The summed E-state index contributed by atoms with van der Waals surface area (Å²) < 4.78 is 0. The molecule has 0 radical (unpaired) electrons. The molecule has 1 N–H and O–H groups in total. The van der Waals surface area contributed by atoms with Crippen molar-refractivity contribution in [1.29, 1.82) is 0 Å². The standard InChI is InChI=1S/C12H22N2S/c1-11(2)14(3)8-5-7-13-10-12-6-4-9-15-12/h4,6,9,11,13H,5,7-8,10H2,1-3H3. The molecule has 1 rings (SSSR count). The molecule has 3 heteroatoms. The van der Waals surface area contributed by atoms with Gasteiger partial charge in [0.1, 0.15) is 0 Å². The van der Waals surface area contributed by atoms with E-state index in [-0.39, 0.29) is 0 Å². The van der Waals surface area contributed by atoms with E-state index in [1.54, 1.807) is 0 Å². The van der Waals surface area contributed by atoms with E-state index in [1.165, 1.54) is 17.8 Å². The lowest BCUT2D eigenvalue weighted by molar-refractivity contribution is 0.269. The molecule has 0 spiro atoms. The van der Waals surface area contributed by atoms with E-state index >= 15 is 0 Å². The van der Waals surface area contributed by atoms with Crippen molar-refractivity contribution in [1.82, 2.24) is 10.2 Å². The fourth-order valence-electron chi connectivity index (χ4n) is 1.34. The molecule has 0 aliphatic heterocycles. The van der Waals surface area contributed by atoms with E-state index in [2.05, 4.69) is 48.6 Å². The highest BCUT2D eigenvalue weighted by molar-refractivity contribution is 7.09. The molecule has 0 aromatic carbocycles. The van der Waals surface area contributed by atoms with Crippen LogP contribution in [-0.2, 0) is 6.54 Å². The molecule has 0 saturated heterocycles. The first-order valence-electron chi connectivity index (χ1n) is 5.63. The first-order valence-corrected chi connectivity index (χ1v) is 6.51. The number of thiophene rings is 1. The predicted molar refractivity (Wildman–Crippen MR) is 68.4 cm³/mol. The molecule has 2 nitrogen and oxygen atoms in total. The Morgan fingerprint density at radius 2 is 2.27 bits per heavy atom. The maximum atomic E-state index is 3.47. The summed E-state index contributed by atoms with van der Waals surface area (Å²) in [5.74, 6) is 0. The monoisotopic (exact) mass is 226 g/mol. The minimum atomic E-state index is 0.655. The highest BCUT2D eigenvalue weighted by Crippen LogP contribution is 2.07. The van der Waals surface area contributed by atoms with E-state index in [4.69, 9.17) is 0 Å². The van der Waals surface area contributed by atoms with Crippen molar-refractivity contribution in [3.63, 3.8) is 0 Å². The van der Waals surface area contributed by atoms with Gasteiger partial charge in [0, 0.05) is 17.5 Å². The first-order chi connectivity index (χ1) is 7.20. The Bertz CT molecular complexity index is 244. The first kappa shape index (κ1) is 12.7. The second-order valence-electron chi connectivity index (χ2n) is 4.18. The molecule has 0 saturated carbocycles. The predicted octanol–water partition coefficient (Wildman–Crippen LogP) is 2.57. The quantitative estimate of drug-likeness (QED) is 0.719. The van der Waals surface area contributed by atoms with Crippen LogP contribution in [-0.4, -0.2) is 31.1 Å². The molecule has 0 aliphatic carbocycles. The van der Waals surface area contributed by atoms with Gasteiger partial charge < -0.3 is 10.2 Å². The van der Waals surface area contributed by atoms with Crippen LogP contribution in [0.15, 0.2) is 17.5 Å². The van der Waals surface area contributed by atoms with E-state index < -0.39 is 0 Å². The molecule has 0 aliphatic rings. The van der Waals surface area contributed by atoms with E-state index in [0.29, 0.717) is 6.04 Å². The van der Waals surface area contributed by atoms with E-state index in [9.17, 15) is 0 Å². The highest BCUT2D eigenvalue weighted by Gasteiger charge is 2.01. The number of hydrogen-bond acceptors (Lipinski definition) is 3. The fourth-order valence-corrected chi connectivity index (χ4v) is 2.01. The topological polar surface area (TPSA) is 15.3 Å². The van der Waals surface area contributed by atoms with Gasteiger partial charge in [-0.05, 0) is 51.9 Å².